The predicted octanol–water partition coefficient (Wildman–Crippen LogP) is 4.86. The molecule has 1 aliphatic rings. The molecule has 0 spiro atoms. The zero-order chi connectivity index (χ0) is 20.4. The van der Waals surface area contributed by atoms with Crippen molar-refractivity contribution < 1.29 is 14.6 Å². The Bertz CT molecular complexity index is 1040. The van der Waals surface area contributed by atoms with Crippen LogP contribution in [0.3, 0.4) is 0 Å². The average Bonchev–Trinajstić information content (AvgIpc) is 2.75. The Kier molecular flexibility index (Phi) is 5.32. The summed E-state index contributed by atoms with van der Waals surface area (Å²) in [6, 6.07) is 20.9. The van der Waals surface area contributed by atoms with Gasteiger partial charge in [0.25, 0.3) is 5.91 Å². The highest BCUT2D eigenvalue weighted by molar-refractivity contribution is 6.32. The summed E-state index contributed by atoms with van der Waals surface area (Å²) in [5.41, 5.74) is 3.29. The van der Waals surface area contributed by atoms with Crippen LogP contribution in [-0.2, 0) is 6.42 Å². The van der Waals surface area contributed by atoms with Gasteiger partial charge in [-0.3, -0.25) is 4.79 Å². The lowest BCUT2D eigenvalue weighted by atomic mass is 10.0. The number of phenols is 1. The van der Waals surface area contributed by atoms with Gasteiger partial charge in [-0.2, -0.15) is 0 Å². The van der Waals surface area contributed by atoms with E-state index >= 15 is 0 Å². The number of amides is 1. The molecule has 0 aliphatic carbocycles. The molecule has 29 heavy (non-hydrogen) atoms. The standard InChI is InChI=1S/C23H21ClN2O3/c1-29-20-14-16(13-18(24)21(20)27)22-25-19-10-6-5-9-17(19)23(28)26(22)12-11-15-7-3-2-4-8-15/h2-10,13-14,22,25,27H,11-12H2,1H3/t22-/m0/s1. The van der Waals surface area contributed by atoms with E-state index in [9.17, 15) is 9.90 Å². The lowest BCUT2D eigenvalue weighted by molar-refractivity contribution is 0.0685. The van der Waals surface area contributed by atoms with E-state index in [1.165, 1.54) is 7.11 Å². The quantitative estimate of drug-likeness (QED) is 0.632. The monoisotopic (exact) mass is 408 g/mol. The number of fused-ring (bicyclic) bond motifs is 1. The van der Waals surface area contributed by atoms with Crippen LogP contribution in [0.15, 0.2) is 66.7 Å². The lowest BCUT2D eigenvalue weighted by Gasteiger charge is -2.38. The number of aromatic hydroxyl groups is 1. The SMILES string of the molecule is COc1cc([C@H]2Nc3ccccc3C(=O)N2CCc2ccccc2)cc(Cl)c1O. The molecule has 1 amide bonds. The summed E-state index contributed by atoms with van der Waals surface area (Å²) in [4.78, 5) is 15.1. The van der Waals surface area contributed by atoms with Crippen LogP contribution in [0.4, 0.5) is 5.69 Å². The summed E-state index contributed by atoms with van der Waals surface area (Å²) in [5.74, 6) is 0.100. The number of hydrogen-bond donors (Lipinski definition) is 2. The molecule has 148 valence electrons. The van der Waals surface area contributed by atoms with Crippen LogP contribution < -0.4 is 10.1 Å². The average molecular weight is 409 g/mol. The molecular formula is C23H21ClN2O3. The Morgan fingerprint density at radius 3 is 2.59 bits per heavy atom. The summed E-state index contributed by atoms with van der Waals surface area (Å²) in [7, 11) is 1.47. The molecule has 5 nitrogen and oxygen atoms in total. The van der Waals surface area contributed by atoms with Crippen molar-refractivity contribution in [1.29, 1.82) is 0 Å². The number of methoxy groups -OCH3 is 1. The second-order valence-electron chi connectivity index (χ2n) is 6.88. The van der Waals surface area contributed by atoms with Gasteiger partial charge in [-0.1, -0.05) is 54.1 Å². The van der Waals surface area contributed by atoms with Crippen LogP contribution in [0.1, 0.15) is 27.7 Å². The van der Waals surface area contributed by atoms with Gasteiger partial charge < -0.3 is 20.1 Å². The normalized spacial score (nSPS) is 15.6. The Hall–Kier alpha value is -3.18. The van der Waals surface area contributed by atoms with Crippen LogP contribution in [0, 0.1) is 0 Å². The molecule has 0 saturated carbocycles. The first-order valence-corrected chi connectivity index (χ1v) is 9.73. The van der Waals surface area contributed by atoms with E-state index in [1.54, 1.807) is 17.0 Å². The number of carbonyl (C=O) groups is 1. The first kappa shape index (κ1) is 19.2. The Morgan fingerprint density at radius 1 is 1.10 bits per heavy atom. The van der Waals surface area contributed by atoms with Gasteiger partial charge in [0.05, 0.1) is 17.7 Å². The Morgan fingerprint density at radius 2 is 1.83 bits per heavy atom. The first-order chi connectivity index (χ1) is 14.1. The van der Waals surface area contributed by atoms with Gasteiger partial charge in [-0.25, -0.2) is 0 Å². The van der Waals surface area contributed by atoms with Crippen molar-refractivity contribution in [2.75, 3.05) is 19.0 Å². The topological polar surface area (TPSA) is 61.8 Å². The minimum atomic E-state index is -0.437. The number of ether oxygens (including phenoxy) is 1. The fourth-order valence-electron chi connectivity index (χ4n) is 3.59. The van der Waals surface area contributed by atoms with Crippen LogP contribution in [0.5, 0.6) is 11.5 Å². The van der Waals surface area contributed by atoms with E-state index in [2.05, 4.69) is 5.32 Å². The second-order valence-corrected chi connectivity index (χ2v) is 7.29. The van der Waals surface area contributed by atoms with E-state index in [0.717, 1.165) is 23.2 Å². The summed E-state index contributed by atoms with van der Waals surface area (Å²) >= 11 is 6.21. The summed E-state index contributed by atoms with van der Waals surface area (Å²) in [6.07, 6.45) is 0.281. The molecule has 0 aromatic heterocycles. The van der Waals surface area contributed by atoms with E-state index in [1.807, 2.05) is 54.6 Å². The molecule has 0 radical (unpaired) electrons. The minimum absolute atomic E-state index is 0.0524. The molecule has 1 atom stereocenters. The maximum atomic E-state index is 13.3. The summed E-state index contributed by atoms with van der Waals surface area (Å²) < 4.78 is 5.25. The second kappa shape index (κ2) is 8.05. The van der Waals surface area contributed by atoms with E-state index in [0.29, 0.717) is 12.1 Å². The molecule has 3 aromatic rings. The molecule has 3 aromatic carbocycles. The van der Waals surface area contributed by atoms with Crippen LogP contribution >= 0.6 is 11.6 Å². The molecule has 0 saturated heterocycles. The van der Waals surface area contributed by atoms with Gasteiger partial charge in [0.2, 0.25) is 0 Å². The van der Waals surface area contributed by atoms with E-state index in [-0.39, 0.29) is 22.4 Å². The number of benzene rings is 3. The van der Waals surface area contributed by atoms with Gasteiger partial charge in [0.15, 0.2) is 11.5 Å². The Labute approximate surface area is 174 Å². The summed E-state index contributed by atoms with van der Waals surface area (Å²) in [6.45, 7) is 0.523. The van der Waals surface area contributed by atoms with E-state index < -0.39 is 6.17 Å². The van der Waals surface area contributed by atoms with Crippen LogP contribution in [-0.4, -0.2) is 29.6 Å². The van der Waals surface area contributed by atoms with Crippen molar-refractivity contribution in [2.24, 2.45) is 0 Å². The Balaban J connectivity index is 1.73. The van der Waals surface area contributed by atoms with Crippen molar-refractivity contribution in [3.8, 4) is 11.5 Å². The van der Waals surface area contributed by atoms with Crippen LogP contribution in [0.25, 0.3) is 0 Å². The molecule has 0 fully saturated rings. The van der Waals surface area contributed by atoms with Crippen molar-refractivity contribution >= 4 is 23.2 Å². The molecule has 1 aliphatic heterocycles. The highest BCUT2D eigenvalue weighted by Gasteiger charge is 2.33. The molecular weight excluding hydrogens is 388 g/mol. The first-order valence-electron chi connectivity index (χ1n) is 9.35. The predicted molar refractivity (Wildman–Crippen MR) is 114 cm³/mol. The number of hydrogen-bond acceptors (Lipinski definition) is 4. The van der Waals surface area contributed by atoms with Crippen molar-refractivity contribution in [2.45, 2.75) is 12.6 Å². The molecule has 0 bridgehead atoms. The zero-order valence-electron chi connectivity index (χ0n) is 15.9. The number of halogens is 1. The molecule has 6 heteroatoms. The van der Waals surface area contributed by atoms with Gasteiger partial charge in [-0.15, -0.1) is 0 Å². The molecule has 1 heterocycles. The van der Waals surface area contributed by atoms with Crippen molar-refractivity contribution in [3.63, 3.8) is 0 Å². The number of carbonyl (C=O) groups excluding carboxylic acids is 1. The fourth-order valence-corrected chi connectivity index (χ4v) is 3.81. The number of phenolic OH excluding ortho intramolecular Hbond substituents is 1. The summed E-state index contributed by atoms with van der Waals surface area (Å²) in [5, 5.41) is 13.7. The van der Waals surface area contributed by atoms with E-state index in [4.69, 9.17) is 16.3 Å². The third-order valence-electron chi connectivity index (χ3n) is 5.09. The number of rotatable bonds is 5. The lowest BCUT2D eigenvalue weighted by Crippen LogP contribution is -2.44. The van der Waals surface area contributed by atoms with Gasteiger partial charge in [0, 0.05) is 17.8 Å². The zero-order valence-corrected chi connectivity index (χ0v) is 16.7. The molecule has 0 unspecified atom stereocenters. The maximum absolute atomic E-state index is 13.3. The number of nitrogens with zero attached hydrogens (tertiary/aromatic N) is 1. The van der Waals surface area contributed by atoms with Gasteiger partial charge in [-0.05, 0) is 36.2 Å². The smallest absolute Gasteiger partial charge is 0.257 e. The third-order valence-corrected chi connectivity index (χ3v) is 5.38. The number of nitrogens with one attached hydrogen (secondary N) is 1. The number of para-hydroxylation sites is 1. The fraction of sp³-hybridized carbons (Fsp3) is 0.174. The van der Waals surface area contributed by atoms with Gasteiger partial charge >= 0.3 is 0 Å². The maximum Gasteiger partial charge on any atom is 0.257 e. The highest BCUT2D eigenvalue weighted by Crippen LogP contribution is 2.40. The van der Waals surface area contributed by atoms with Crippen LogP contribution in [0.2, 0.25) is 5.02 Å². The number of anilines is 1. The van der Waals surface area contributed by atoms with Crippen molar-refractivity contribution in [1.82, 2.24) is 4.90 Å². The largest absolute Gasteiger partial charge is 0.503 e. The molecule has 4 rings (SSSR count). The van der Waals surface area contributed by atoms with Gasteiger partial charge in [0.1, 0.15) is 6.17 Å². The van der Waals surface area contributed by atoms with Crippen molar-refractivity contribution in [3.05, 3.63) is 88.4 Å². The third kappa shape index (κ3) is 3.74. The molecule has 2 N–H and O–H groups in total. The minimum Gasteiger partial charge on any atom is -0.503 e. The highest BCUT2D eigenvalue weighted by atomic mass is 35.5.